The Morgan fingerprint density at radius 3 is 2.87 bits per heavy atom. The van der Waals surface area contributed by atoms with Gasteiger partial charge in [0.05, 0.1) is 30.7 Å². The van der Waals surface area contributed by atoms with Crippen LogP contribution in [0, 0.1) is 5.92 Å². The predicted octanol–water partition coefficient (Wildman–Crippen LogP) is 3.54. The number of methoxy groups -OCH3 is 1. The van der Waals surface area contributed by atoms with Gasteiger partial charge in [-0.25, -0.2) is 0 Å². The van der Waals surface area contributed by atoms with E-state index in [9.17, 15) is 9.59 Å². The molecule has 5 rings (SSSR count). The Balaban J connectivity index is 1.55. The van der Waals surface area contributed by atoms with Gasteiger partial charge in [-0.3, -0.25) is 9.59 Å². The van der Waals surface area contributed by atoms with Crippen molar-refractivity contribution in [3.8, 4) is 5.75 Å². The van der Waals surface area contributed by atoms with E-state index in [0.29, 0.717) is 22.7 Å². The minimum atomic E-state index is -0.462. The van der Waals surface area contributed by atoms with Gasteiger partial charge in [0.15, 0.2) is 11.5 Å². The number of halogens is 1. The standard InChI is InChI=1S/C23H26BrNO5/c1-28-15-5-2-4-13(10-15)20-19-21(26)17-11-14(24)7-8-18(17)30-22(19)23(27)25(20)12-16-6-3-9-29-16/h2,4-5,10,14,16-18,20H,3,6-9,11-12H2,1H3. The fourth-order valence-electron chi connectivity index (χ4n) is 5.22. The molecule has 30 heavy (non-hydrogen) atoms. The van der Waals surface area contributed by atoms with Crippen molar-refractivity contribution < 1.29 is 23.8 Å². The molecule has 1 amide bonds. The minimum absolute atomic E-state index is 0.00675. The molecule has 6 nitrogen and oxygen atoms in total. The Labute approximate surface area is 184 Å². The monoisotopic (exact) mass is 475 g/mol. The largest absolute Gasteiger partial charge is 0.497 e. The summed E-state index contributed by atoms with van der Waals surface area (Å²) in [6.45, 7) is 1.18. The van der Waals surface area contributed by atoms with E-state index < -0.39 is 6.04 Å². The third kappa shape index (κ3) is 3.36. The van der Waals surface area contributed by atoms with E-state index in [1.165, 1.54) is 0 Å². The molecular formula is C23H26BrNO5. The highest BCUT2D eigenvalue weighted by molar-refractivity contribution is 9.09. The highest BCUT2D eigenvalue weighted by Gasteiger charge is 2.53. The first-order chi connectivity index (χ1) is 14.6. The van der Waals surface area contributed by atoms with Gasteiger partial charge in [0, 0.05) is 18.0 Å². The summed E-state index contributed by atoms with van der Waals surface area (Å²) in [5.41, 5.74) is 1.38. The molecule has 0 bridgehead atoms. The molecule has 4 aliphatic rings. The molecule has 7 heteroatoms. The van der Waals surface area contributed by atoms with E-state index in [4.69, 9.17) is 14.2 Å². The van der Waals surface area contributed by atoms with Crippen molar-refractivity contribution in [3.63, 3.8) is 0 Å². The average molecular weight is 476 g/mol. The quantitative estimate of drug-likeness (QED) is 0.623. The van der Waals surface area contributed by atoms with E-state index in [1.807, 2.05) is 24.3 Å². The maximum absolute atomic E-state index is 13.7. The topological polar surface area (TPSA) is 65.1 Å². The Morgan fingerprint density at radius 1 is 1.23 bits per heavy atom. The molecule has 1 aromatic rings. The summed E-state index contributed by atoms with van der Waals surface area (Å²) in [7, 11) is 1.62. The number of alkyl halides is 1. The van der Waals surface area contributed by atoms with Gasteiger partial charge in [0.25, 0.3) is 5.91 Å². The number of rotatable bonds is 4. The number of hydrogen-bond acceptors (Lipinski definition) is 5. The van der Waals surface area contributed by atoms with Crippen molar-refractivity contribution in [3.05, 3.63) is 41.2 Å². The van der Waals surface area contributed by atoms with Gasteiger partial charge in [-0.1, -0.05) is 28.1 Å². The first kappa shape index (κ1) is 20.1. The van der Waals surface area contributed by atoms with Crippen molar-refractivity contribution in [2.24, 2.45) is 5.92 Å². The summed E-state index contributed by atoms with van der Waals surface area (Å²) >= 11 is 3.68. The van der Waals surface area contributed by atoms with Crippen molar-refractivity contribution in [2.45, 2.75) is 55.2 Å². The molecule has 1 saturated carbocycles. The van der Waals surface area contributed by atoms with Crippen molar-refractivity contribution >= 4 is 27.6 Å². The first-order valence-corrected chi connectivity index (χ1v) is 11.6. The van der Waals surface area contributed by atoms with E-state index in [1.54, 1.807) is 12.0 Å². The van der Waals surface area contributed by atoms with E-state index in [2.05, 4.69) is 15.9 Å². The van der Waals surface area contributed by atoms with Crippen LogP contribution in [0.1, 0.15) is 43.7 Å². The summed E-state index contributed by atoms with van der Waals surface area (Å²) in [5, 5.41) is 0. The van der Waals surface area contributed by atoms with Crippen LogP contribution in [0.3, 0.4) is 0 Å². The molecular weight excluding hydrogens is 450 g/mol. The van der Waals surface area contributed by atoms with Gasteiger partial charge in [0.1, 0.15) is 11.9 Å². The fourth-order valence-corrected chi connectivity index (χ4v) is 5.88. The number of fused-ring (bicyclic) bond motifs is 1. The number of benzene rings is 1. The molecule has 1 saturated heterocycles. The normalized spacial score (nSPS) is 33.4. The lowest BCUT2D eigenvalue weighted by Crippen LogP contribution is -2.41. The molecule has 1 aliphatic carbocycles. The zero-order chi connectivity index (χ0) is 20.8. The Hall–Kier alpha value is -1.86. The SMILES string of the molecule is COc1cccc(C2C3=C(OC4CCC(Br)CC4C3=O)C(=O)N2CC2CCCO2)c1. The van der Waals surface area contributed by atoms with Crippen LogP contribution in [0.4, 0.5) is 0 Å². The van der Waals surface area contributed by atoms with Crippen molar-refractivity contribution in [1.29, 1.82) is 0 Å². The van der Waals surface area contributed by atoms with Gasteiger partial charge in [-0.05, 0) is 49.8 Å². The highest BCUT2D eigenvalue weighted by Crippen LogP contribution is 2.48. The second kappa shape index (κ2) is 8.00. The molecule has 0 N–H and O–H groups in total. The third-order valence-electron chi connectivity index (χ3n) is 6.71. The second-order valence-electron chi connectivity index (χ2n) is 8.55. The number of carbonyl (C=O) groups is 2. The average Bonchev–Trinajstić information content (AvgIpc) is 3.36. The van der Waals surface area contributed by atoms with Crippen molar-refractivity contribution in [1.82, 2.24) is 4.90 Å². The molecule has 0 radical (unpaired) electrons. The van der Waals surface area contributed by atoms with Crippen LogP contribution in [-0.2, 0) is 19.1 Å². The van der Waals surface area contributed by atoms with Crippen LogP contribution in [0.25, 0.3) is 0 Å². The van der Waals surface area contributed by atoms with Crippen LogP contribution in [0.15, 0.2) is 35.6 Å². The van der Waals surface area contributed by atoms with Crippen LogP contribution in [0.2, 0.25) is 0 Å². The van der Waals surface area contributed by atoms with E-state index >= 15 is 0 Å². The first-order valence-electron chi connectivity index (χ1n) is 10.7. The molecule has 5 atom stereocenters. The van der Waals surface area contributed by atoms with E-state index in [-0.39, 0.29) is 35.6 Å². The number of ketones is 1. The fraction of sp³-hybridized carbons (Fsp3) is 0.565. The summed E-state index contributed by atoms with van der Waals surface area (Å²) in [5.74, 6) is 0.611. The molecule has 160 valence electrons. The molecule has 0 aromatic heterocycles. The smallest absolute Gasteiger partial charge is 0.290 e. The van der Waals surface area contributed by atoms with Crippen LogP contribution in [-0.4, -0.2) is 53.9 Å². The molecule has 1 aromatic carbocycles. The lowest BCUT2D eigenvalue weighted by molar-refractivity contribution is -0.136. The van der Waals surface area contributed by atoms with Gasteiger partial charge < -0.3 is 19.1 Å². The number of nitrogens with zero attached hydrogens (tertiary/aromatic N) is 1. The summed E-state index contributed by atoms with van der Waals surface area (Å²) in [4.78, 5) is 29.2. The Kier molecular flexibility index (Phi) is 5.35. The number of amides is 1. The third-order valence-corrected chi connectivity index (χ3v) is 7.54. The predicted molar refractivity (Wildman–Crippen MR) is 113 cm³/mol. The Morgan fingerprint density at radius 2 is 2.10 bits per heavy atom. The molecule has 5 unspecified atom stereocenters. The van der Waals surface area contributed by atoms with Gasteiger partial charge in [-0.15, -0.1) is 0 Å². The molecule has 0 spiro atoms. The Bertz CT molecular complexity index is 893. The zero-order valence-electron chi connectivity index (χ0n) is 17.0. The number of carbonyl (C=O) groups excluding carboxylic acids is 2. The number of ether oxygens (including phenoxy) is 3. The number of Topliss-reactive ketones (excluding diaryl/α,β-unsaturated/α-hetero) is 1. The maximum atomic E-state index is 13.7. The summed E-state index contributed by atoms with van der Waals surface area (Å²) < 4.78 is 17.4. The lowest BCUT2D eigenvalue weighted by atomic mass is 9.77. The van der Waals surface area contributed by atoms with Crippen LogP contribution < -0.4 is 4.74 Å². The second-order valence-corrected chi connectivity index (χ2v) is 9.85. The van der Waals surface area contributed by atoms with Gasteiger partial charge >= 0.3 is 0 Å². The lowest BCUT2D eigenvalue weighted by Gasteiger charge is -2.37. The minimum Gasteiger partial charge on any atom is -0.497 e. The molecule has 3 heterocycles. The summed E-state index contributed by atoms with van der Waals surface area (Å²) in [6.07, 6.45) is 4.18. The molecule has 3 aliphatic heterocycles. The van der Waals surface area contributed by atoms with Crippen molar-refractivity contribution in [2.75, 3.05) is 20.3 Å². The van der Waals surface area contributed by atoms with Gasteiger partial charge in [-0.2, -0.15) is 0 Å². The van der Waals surface area contributed by atoms with Crippen LogP contribution >= 0.6 is 15.9 Å². The zero-order valence-corrected chi connectivity index (χ0v) is 18.6. The van der Waals surface area contributed by atoms with Gasteiger partial charge in [0.2, 0.25) is 0 Å². The number of hydrogen-bond donors (Lipinski definition) is 0. The molecule has 2 fully saturated rings. The maximum Gasteiger partial charge on any atom is 0.290 e. The van der Waals surface area contributed by atoms with E-state index in [0.717, 1.165) is 44.3 Å². The summed E-state index contributed by atoms with van der Waals surface area (Å²) in [6, 6.07) is 7.16. The highest BCUT2D eigenvalue weighted by atomic mass is 79.9. The van der Waals surface area contributed by atoms with Crippen LogP contribution in [0.5, 0.6) is 5.75 Å².